The molecule has 0 amide bonds. The summed E-state index contributed by atoms with van der Waals surface area (Å²) in [5, 5.41) is 0.685. The second-order valence-electron chi connectivity index (χ2n) is 5.02. The third kappa shape index (κ3) is 2.38. The fourth-order valence-corrected chi connectivity index (χ4v) is 2.98. The maximum atomic E-state index is 12.3. The van der Waals surface area contributed by atoms with Crippen LogP contribution in [0.3, 0.4) is 0 Å². The van der Waals surface area contributed by atoms with Crippen molar-refractivity contribution in [2.24, 2.45) is 0 Å². The largest absolute Gasteiger partial charge is 0.497 e. The van der Waals surface area contributed by atoms with Gasteiger partial charge in [0, 0.05) is 34.6 Å². The van der Waals surface area contributed by atoms with Crippen LogP contribution >= 0.6 is 11.6 Å². The molecule has 21 heavy (non-hydrogen) atoms. The van der Waals surface area contributed by atoms with E-state index in [-0.39, 0.29) is 11.7 Å². The first-order chi connectivity index (χ1) is 10.1. The summed E-state index contributed by atoms with van der Waals surface area (Å²) in [5.74, 6) is 1.44. The molecule has 0 aliphatic heterocycles. The standard InChI is InChI=1S/C17H15ClO3/c1-20-12-7-14-15(19)9-13(17(14)16(8-12)21-2)10-3-5-11(18)6-4-10/h3-8,13H,9H2,1-2H3. The Morgan fingerprint density at radius 1 is 1.10 bits per heavy atom. The molecular formula is C17H15ClO3. The van der Waals surface area contributed by atoms with E-state index in [0.29, 0.717) is 28.5 Å². The summed E-state index contributed by atoms with van der Waals surface area (Å²) < 4.78 is 10.7. The van der Waals surface area contributed by atoms with Gasteiger partial charge in [0.25, 0.3) is 0 Å². The van der Waals surface area contributed by atoms with Crippen LogP contribution < -0.4 is 9.47 Å². The number of halogens is 1. The highest BCUT2D eigenvalue weighted by atomic mass is 35.5. The van der Waals surface area contributed by atoms with Crippen molar-refractivity contribution in [2.75, 3.05) is 14.2 Å². The van der Waals surface area contributed by atoms with Crippen molar-refractivity contribution >= 4 is 17.4 Å². The van der Waals surface area contributed by atoms with Gasteiger partial charge >= 0.3 is 0 Å². The Morgan fingerprint density at radius 2 is 1.81 bits per heavy atom. The van der Waals surface area contributed by atoms with Crippen molar-refractivity contribution in [1.82, 2.24) is 0 Å². The van der Waals surface area contributed by atoms with E-state index in [1.54, 1.807) is 20.3 Å². The van der Waals surface area contributed by atoms with Gasteiger partial charge in [0.2, 0.25) is 0 Å². The number of hydrogen-bond donors (Lipinski definition) is 0. The van der Waals surface area contributed by atoms with Crippen LogP contribution in [0.5, 0.6) is 11.5 Å². The molecule has 108 valence electrons. The molecule has 1 unspecified atom stereocenters. The highest BCUT2D eigenvalue weighted by Gasteiger charge is 2.34. The minimum atomic E-state index is 0.00521. The first kappa shape index (κ1) is 14.0. The Labute approximate surface area is 128 Å². The summed E-state index contributed by atoms with van der Waals surface area (Å²) >= 11 is 5.94. The van der Waals surface area contributed by atoms with Crippen molar-refractivity contribution in [3.63, 3.8) is 0 Å². The third-order valence-corrected chi connectivity index (χ3v) is 4.13. The first-order valence-electron chi connectivity index (χ1n) is 6.68. The molecule has 0 saturated carbocycles. The summed E-state index contributed by atoms with van der Waals surface area (Å²) in [5.41, 5.74) is 2.69. The second-order valence-corrected chi connectivity index (χ2v) is 5.46. The molecule has 4 heteroatoms. The predicted molar refractivity (Wildman–Crippen MR) is 81.8 cm³/mol. The van der Waals surface area contributed by atoms with E-state index in [0.717, 1.165) is 11.1 Å². The number of carbonyl (C=O) groups is 1. The molecule has 1 atom stereocenters. The van der Waals surface area contributed by atoms with Crippen LogP contribution in [0.15, 0.2) is 36.4 Å². The monoisotopic (exact) mass is 302 g/mol. The molecule has 0 spiro atoms. The lowest BCUT2D eigenvalue weighted by Crippen LogP contribution is -2.00. The highest BCUT2D eigenvalue weighted by Crippen LogP contribution is 2.45. The summed E-state index contributed by atoms with van der Waals surface area (Å²) in [4.78, 5) is 12.3. The van der Waals surface area contributed by atoms with Crippen molar-refractivity contribution in [1.29, 1.82) is 0 Å². The van der Waals surface area contributed by atoms with Crippen molar-refractivity contribution in [3.8, 4) is 11.5 Å². The number of carbonyl (C=O) groups excluding carboxylic acids is 1. The van der Waals surface area contributed by atoms with E-state index in [4.69, 9.17) is 21.1 Å². The fraction of sp³-hybridized carbons (Fsp3) is 0.235. The quantitative estimate of drug-likeness (QED) is 0.857. The Balaban J connectivity index is 2.14. The van der Waals surface area contributed by atoms with Crippen LogP contribution in [0.25, 0.3) is 0 Å². The molecule has 2 aromatic carbocycles. The predicted octanol–water partition coefficient (Wildman–Crippen LogP) is 4.08. The van der Waals surface area contributed by atoms with E-state index in [1.807, 2.05) is 30.3 Å². The van der Waals surface area contributed by atoms with E-state index in [9.17, 15) is 4.79 Å². The van der Waals surface area contributed by atoms with Gasteiger partial charge in [0.1, 0.15) is 11.5 Å². The number of ketones is 1. The maximum absolute atomic E-state index is 12.3. The van der Waals surface area contributed by atoms with E-state index < -0.39 is 0 Å². The molecule has 2 aromatic rings. The Hall–Kier alpha value is -2.00. The zero-order valence-corrected chi connectivity index (χ0v) is 12.6. The number of Topliss-reactive ketones (excluding diaryl/α,β-unsaturated/α-hetero) is 1. The molecule has 1 aliphatic carbocycles. The lowest BCUT2D eigenvalue weighted by Gasteiger charge is -2.16. The van der Waals surface area contributed by atoms with Gasteiger partial charge in [-0.1, -0.05) is 23.7 Å². The smallest absolute Gasteiger partial charge is 0.164 e. The van der Waals surface area contributed by atoms with Crippen LogP contribution in [0.1, 0.15) is 33.8 Å². The summed E-state index contributed by atoms with van der Waals surface area (Å²) in [6.45, 7) is 0. The molecule has 0 N–H and O–H groups in total. The SMILES string of the molecule is COc1cc(OC)c2c(c1)C(=O)CC2c1ccc(Cl)cc1. The summed E-state index contributed by atoms with van der Waals surface area (Å²) in [6.07, 6.45) is 0.445. The number of benzene rings is 2. The van der Waals surface area contributed by atoms with Crippen molar-refractivity contribution < 1.29 is 14.3 Å². The maximum Gasteiger partial charge on any atom is 0.164 e. The van der Waals surface area contributed by atoms with E-state index >= 15 is 0 Å². The normalized spacial score (nSPS) is 16.7. The molecular weight excluding hydrogens is 288 g/mol. The number of hydrogen-bond acceptors (Lipinski definition) is 3. The molecule has 0 radical (unpaired) electrons. The van der Waals surface area contributed by atoms with Crippen LogP contribution in [-0.2, 0) is 0 Å². The Bertz CT molecular complexity index is 692. The fourth-order valence-electron chi connectivity index (χ4n) is 2.86. The lowest BCUT2D eigenvalue weighted by atomic mass is 9.92. The van der Waals surface area contributed by atoms with Gasteiger partial charge in [0.05, 0.1) is 14.2 Å². The average molecular weight is 303 g/mol. The van der Waals surface area contributed by atoms with Gasteiger partial charge < -0.3 is 9.47 Å². The van der Waals surface area contributed by atoms with Gasteiger partial charge in [-0.3, -0.25) is 4.79 Å². The van der Waals surface area contributed by atoms with Crippen LogP contribution in [0.4, 0.5) is 0 Å². The topological polar surface area (TPSA) is 35.5 Å². The van der Waals surface area contributed by atoms with Gasteiger partial charge in [0.15, 0.2) is 5.78 Å². The summed E-state index contributed by atoms with van der Waals surface area (Å²) in [7, 11) is 3.19. The lowest BCUT2D eigenvalue weighted by molar-refractivity contribution is 0.0991. The van der Waals surface area contributed by atoms with Crippen molar-refractivity contribution in [2.45, 2.75) is 12.3 Å². The zero-order valence-electron chi connectivity index (χ0n) is 11.9. The molecule has 0 aromatic heterocycles. The van der Waals surface area contributed by atoms with Crippen LogP contribution in [-0.4, -0.2) is 20.0 Å². The third-order valence-electron chi connectivity index (χ3n) is 3.88. The molecule has 1 aliphatic rings. The average Bonchev–Trinajstić information content (AvgIpc) is 2.84. The van der Waals surface area contributed by atoms with Gasteiger partial charge in [-0.25, -0.2) is 0 Å². The molecule has 3 nitrogen and oxygen atoms in total. The summed E-state index contributed by atoms with van der Waals surface area (Å²) in [6, 6.07) is 11.2. The van der Waals surface area contributed by atoms with Crippen LogP contribution in [0.2, 0.25) is 5.02 Å². The number of methoxy groups -OCH3 is 2. The Kier molecular flexibility index (Phi) is 3.60. The highest BCUT2D eigenvalue weighted by molar-refractivity contribution is 6.30. The molecule has 0 fully saturated rings. The first-order valence-corrected chi connectivity index (χ1v) is 7.06. The molecule has 0 saturated heterocycles. The van der Waals surface area contributed by atoms with Gasteiger partial charge in [-0.15, -0.1) is 0 Å². The Morgan fingerprint density at radius 3 is 2.43 bits per heavy atom. The number of rotatable bonds is 3. The van der Waals surface area contributed by atoms with E-state index in [2.05, 4.69) is 0 Å². The van der Waals surface area contributed by atoms with Crippen molar-refractivity contribution in [3.05, 3.63) is 58.1 Å². The number of fused-ring (bicyclic) bond motifs is 1. The van der Waals surface area contributed by atoms with Gasteiger partial charge in [-0.05, 0) is 23.8 Å². The molecule has 0 heterocycles. The second kappa shape index (κ2) is 5.41. The number of ether oxygens (including phenoxy) is 2. The van der Waals surface area contributed by atoms with Crippen LogP contribution in [0, 0.1) is 0 Å². The zero-order chi connectivity index (χ0) is 15.0. The van der Waals surface area contributed by atoms with E-state index in [1.165, 1.54) is 0 Å². The molecule has 0 bridgehead atoms. The van der Waals surface area contributed by atoms with Gasteiger partial charge in [-0.2, -0.15) is 0 Å². The molecule has 3 rings (SSSR count). The minimum Gasteiger partial charge on any atom is -0.497 e. The minimum absolute atomic E-state index is 0.00521.